The average molecular weight is 360 g/mol. The number of amides is 1. The van der Waals surface area contributed by atoms with E-state index in [0.29, 0.717) is 11.9 Å². The molecule has 0 unspecified atom stereocenters. The van der Waals surface area contributed by atoms with E-state index >= 15 is 0 Å². The summed E-state index contributed by atoms with van der Waals surface area (Å²) in [5, 5.41) is 0. The molecule has 1 N–H and O–H groups in total. The first-order chi connectivity index (χ1) is 13.3. The van der Waals surface area contributed by atoms with Gasteiger partial charge in [0.2, 0.25) is 0 Å². The Kier molecular flexibility index (Phi) is 4.17. The fourth-order valence-electron chi connectivity index (χ4n) is 4.50. The minimum absolute atomic E-state index is 0.0164. The minimum Gasteiger partial charge on any atom is -0.335 e. The molecule has 1 aromatic heterocycles. The third-order valence-corrected chi connectivity index (χ3v) is 5.96. The first kappa shape index (κ1) is 16.5. The number of benzene rings is 2. The summed E-state index contributed by atoms with van der Waals surface area (Å²) in [5.41, 5.74) is 4.74. The van der Waals surface area contributed by atoms with E-state index in [2.05, 4.69) is 39.1 Å². The van der Waals surface area contributed by atoms with E-state index in [1.807, 2.05) is 29.2 Å². The highest BCUT2D eigenvalue weighted by Crippen LogP contribution is 2.26. The van der Waals surface area contributed by atoms with Crippen LogP contribution in [0.15, 0.2) is 48.5 Å². The molecular weight excluding hydrogens is 336 g/mol. The van der Waals surface area contributed by atoms with Crippen LogP contribution in [0.25, 0.3) is 11.0 Å². The number of para-hydroxylation sites is 2. The zero-order chi connectivity index (χ0) is 18.2. The summed E-state index contributed by atoms with van der Waals surface area (Å²) in [7, 11) is 0. The standard InChI is InChI=1S/C22H24N4O/c27-22(21-23-19-8-3-4-9-20(19)24-21)26-11-5-10-25(12-13-26)18-14-16-6-1-2-7-17(16)15-18/h1-4,6-9,18H,5,10-15H2,(H,23,24). The Balaban J connectivity index is 1.27. The molecule has 5 rings (SSSR count). The first-order valence-corrected chi connectivity index (χ1v) is 9.83. The lowest BCUT2D eigenvalue weighted by Crippen LogP contribution is -2.40. The van der Waals surface area contributed by atoms with Crippen LogP contribution in [0.3, 0.4) is 0 Å². The fraction of sp³-hybridized carbons (Fsp3) is 0.364. The van der Waals surface area contributed by atoms with Crippen molar-refractivity contribution in [2.45, 2.75) is 25.3 Å². The van der Waals surface area contributed by atoms with Crippen molar-refractivity contribution in [2.75, 3.05) is 26.2 Å². The lowest BCUT2D eigenvalue weighted by Gasteiger charge is -2.27. The molecule has 5 nitrogen and oxygen atoms in total. The molecular formula is C22H24N4O. The molecule has 0 atom stereocenters. The van der Waals surface area contributed by atoms with Crippen molar-refractivity contribution in [3.8, 4) is 0 Å². The number of fused-ring (bicyclic) bond motifs is 2. The molecule has 0 spiro atoms. The highest BCUT2D eigenvalue weighted by Gasteiger charge is 2.29. The lowest BCUT2D eigenvalue weighted by atomic mass is 10.1. The summed E-state index contributed by atoms with van der Waals surface area (Å²) < 4.78 is 0. The zero-order valence-electron chi connectivity index (χ0n) is 15.4. The van der Waals surface area contributed by atoms with Gasteiger partial charge in [-0.2, -0.15) is 0 Å². The van der Waals surface area contributed by atoms with Crippen molar-refractivity contribution in [3.05, 3.63) is 65.5 Å². The Bertz CT molecular complexity index is 921. The monoisotopic (exact) mass is 360 g/mol. The van der Waals surface area contributed by atoms with E-state index in [1.54, 1.807) is 0 Å². The van der Waals surface area contributed by atoms with Crippen LogP contribution in [0, 0.1) is 0 Å². The highest BCUT2D eigenvalue weighted by molar-refractivity contribution is 5.94. The van der Waals surface area contributed by atoms with Crippen LogP contribution >= 0.6 is 0 Å². The number of imidazole rings is 1. The number of aromatic nitrogens is 2. The molecule has 1 fully saturated rings. The zero-order valence-corrected chi connectivity index (χ0v) is 15.4. The number of hydrogen-bond donors (Lipinski definition) is 1. The molecule has 27 heavy (non-hydrogen) atoms. The number of H-pyrrole nitrogens is 1. The van der Waals surface area contributed by atoms with Gasteiger partial charge in [0, 0.05) is 32.2 Å². The average Bonchev–Trinajstić information content (AvgIpc) is 3.24. The third-order valence-electron chi connectivity index (χ3n) is 5.96. The van der Waals surface area contributed by atoms with Crippen molar-refractivity contribution >= 4 is 16.9 Å². The number of rotatable bonds is 2. The number of nitrogens with one attached hydrogen (secondary N) is 1. The van der Waals surface area contributed by atoms with Gasteiger partial charge in [-0.15, -0.1) is 0 Å². The second-order valence-electron chi connectivity index (χ2n) is 7.62. The Morgan fingerprint density at radius 3 is 2.44 bits per heavy atom. The van der Waals surface area contributed by atoms with E-state index < -0.39 is 0 Å². The number of hydrogen-bond acceptors (Lipinski definition) is 3. The summed E-state index contributed by atoms with van der Waals surface area (Å²) in [6.45, 7) is 3.56. The first-order valence-electron chi connectivity index (χ1n) is 9.83. The summed E-state index contributed by atoms with van der Waals surface area (Å²) in [6.07, 6.45) is 3.28. The van der Waals surface area contributed by atoms with Crippen molar-refractivity contribution in [2.24, 2.45) is 0 Å². The maximum atomic E-state index is 12.9. The molecule has 0 bridgehead atoms. The van der Waals surface area contributed by atoms with Gasteiger partial charge in [0.25, 0.3) is 5.91 Å². The minimum atomic E-state index is 0.0164. The number of carbonyl (C=O) groups is 1. The van der Waals surface area contributed by atoms with E-state index in [1.165, 1.54) is 11.1 Å². The normalized spacial score (nSPS) is 18.6. The van der Waals surface area contributed by atoms with Crippen LogP contribution in [0.4, 0.5) is 0 Å². The molecule has 138 valence electrons. The molecule has 1 aliphatic carbocycles. The van der Waals surface area contributed by atoms with Gasteiger partial charge in [0.15, 0.2) is 5.82 Å². The van der Waals surface area contributed by atoms with Crippen LogP contribution in [0.5, 0.6) is 0 Å². The van der Waals surface area contributed by atoms with Gasteiger partial charge < -0.3 is 9.88 Å². The van der Waals surface area contributed by atoms with E-state index in [-0.39, 0.29) is 5.91 Å². The fourth-order valence-corrected chi connectivity index (χ4v) is 4.50. The van der Waals surface area contributed by atoms with E-state index in [4.69, 9.17) is 0 Å². The smallest absolute Gasteiger partial charge is 0.289 e. The maximum Gasteiger partial charge on any atom is 0.289 e. The summed E-state index contributed by atoms with van der Waals surface area (Å²) in [4.78, 5) is 25.1. The Labute approximate surface area is 159 Å². The van der Waals surface area contributed by atoms with Crippen molar-refractivity contribution in [1.82, 2.24) is 19.8 Å². The van der Waals surface area contributed by atoms with Crippen LogP contribution in [0.2, 0.25) is 0 Å². The highest BCUT2D eigenvalue weighted by atomic mass is 16.2. The van der Waals surface area contributed by atoms with Crippen LogP contribution in [-0.4, -0.2) is 57.9 Å². The van der Waals surface area contributed by atoms with Gasteiger partial charge >= 0.3 is 0 Å². The van der Waals surface area contributed by atoms with Crippen LogP contribution in [-0.2, 0) is 12.8 Å². The van der Waals surface area contributed by atoms with Crippen molar-refractivity contribution in [1.29, 1.82) is 0 Å². The summed E-state index contributed by atoms with van der Waals surface area (Å²) >= 11 is 0. The predicted octanol–water partition coefficient (Wildman–Crippen LogP) is 2.88. The Morgan fingerprint density at radius 2 is 1.67 bits per heavy atom. The quantitative estimate of drug-likeness (QED) is 0.765. The molecule has 1 saturated heterocycles. The molecule has 1 amide bonds. The van der Waals surface area contributed by atoms with E-state index in [9.17, 15) is 4.79 Å². The summed E-state index contributed by atoms with van der Waals surface area (Å²) in [5.74, 6) is 0.473. The molecule has 2 heterocycles. The van der Waals surface area contributed by atoms with Gasteiger partial charge in [-0.25, -0.2) is 4.98 Å². The second-order valence-corrected chi connectivity index (χ2v) is 7.62. The lowest BCUT2D eigenvalue weighted by molar-refractivity contribution is 0.0747. The van der Waals surface area contributed by atoms with Gasteiger partial charge in [-0.05, 0) is 42.5 Å². The van der Waals surface area contributed by atoms with Crippen molar-refractivity contribution < 1.29 is 4.79 Å². The number of nitrogens with zero attached hydrogens (tertiary/aromatic N) is 3. The maximum absolute atomic E-state index is 12.9. The molecule has 0 radical (unpaired) electrons. The summed E-state index contributed by atoms with van der Waals surface area (Å²) in [6, 6.07) is 17.2. The van der Waals surface area contributed by atoms with Crippen molar-refractivity contribution in [3.63, 3.8) is 0 Å². The van der Waals surface area contributed by atoms with Crippen LogP contribution in [0.1, 0.15) is 28.2 Å². The molecule has 5 heteroatoms. The predicted molar refractivity (Wildman–Crippen MR) is 106 cm³/mol. The van der Waals surface area contributed by atoms with E-state index in [0.717, 1.165) is 56.5 Å². The molecule has 2 aliphatic rings. The topological polar surface area (TPSA) is 52.2 Å². The SMILES string of the molecule is O=C(c1nc2ccccc2[nH]1)N1CCCN(C2Cc3ccccc3C2)CC1. The Hall–Kier alpha value is -2.66. The third kappa shape index (κ3) is 3.12. The molecule has 0 saturated carbocycles. The largest absolute Gasteiger partial charge is 0.335 e. The molecule has 1 aliphatic heterocycles. The van der Waals surface area contributed by atoms with Gasteiger partial charge in [0.05, 0.1) is 11.0 Å². The van der Waals surface area contributed by atoms with Gasteiger partial charge in [-0.1, -0.05) is 36.4 Å². The Morgan fingerprint density at radius 1 is 0.926 bits per heavy atom. The second kappa shape index (κ2) is 6.82. The van der Waals surface area contributed by atoms with Crippen LogP contribution < -0.4 is 0 Å². The molecule has 3 aromatic rings. The number of aromatic amines is 1. The van der Waals surface area contributed by atoms with Gasteiger partial charge in [-0.3, -0.25) is 9.69 Å². The number of carbonyl (C=O) groups excluding carboxylic acids is 1. The van der Waals surface area contributed by atoms with Gasteiger partial charge in [0.1, 0.15) is 0 Å². The molecule has 2 aromatic carbocycles.